The highest BCUT2D eigenvalue weighted by atomic mass is 32.2. The van der Waals surface area contributed by atoms with Crippen LogP contribution in [-0.4, -0.2) is 67.3 Å². The average molecular weight is 359 g/mol. The summed E-state index contributed by atoms with van der Waals surface area (Å²) in [4.78, 5) is 0.00842. The summed E-state index contributed by atoms with van der Waals surface area (Å²) in [5, 5.41) is 0. The number of fused-ring (bicyclic) bond motifs is 1. The molecule has 4 atom stereocenters. The SMILES string of the molecule is COc1ccc(OC)c(S(=O)(=O)N[C@H]2CO[C@H]3[C@@H]2OC[C@H]3OC)c1. The molecule has 0 amide bonds. The summed E-state index contributed by atoms with van der Waals surface area (Å²) in [5.41, 5.74) is 0. The van der Waals surface area contributed by atoms with E-state index in [0.29, 0.717) is 12.4 Å². The van der Waals surface area contributed by atoms with Gasteiger partial charge < -0.3 is 23.7 Å². The van der Waals surface area contributed by atoms with E-state index in [4.69, 9.17) is 23.7 Å². The molecule has 1 N–H and O–H groups in total. The van der Waals surface area contributed by atoms with E-state index in [-0.39, 0.29) is 35.6 Å². The van der Waals surface area contributed by atoms with Crippen LogP contribution in [0.15, 0.2) is 23.1 Å². The van der Waals surface area contributed by atoms with Crippen molar-refractivity contribution in [2.45, 2.75) is 29.2 Å². The number of ether oxygens (including phenoxy) is 5. The van der Waals surface area contributed by atoms with E-state index in [9.17, 15) is 8.42 Å². The van der Waals surface area contributed by atoms with Gasteiger partial charge in [-0.1, -0.05) is 0 Å². The van der Waals surface area contributed by atoms with Crippen molar-refractivity contribution < 1.29 is 32.1 Å². The highest BCUT2D eigenvalue weighted by Crippen LogP contribution is 2.32. The molecule has 0 unspecified atom stereocenters. The molecular weight excluding hydrogens is 338 g/mol. The summed E-state index contributed by atoms with van der Waals surface area (Å²) >= 11 is 0. The van der Waals surface area contributed by atoms with Gasteiger partial charge in [0, 0.05) is 13.2 Å². The van der Waals surface area contributed by atoms with Crippen LogP contribution in [0.1, 0.15) is 0 Å². The minimum Gasteiger partial charge on any atom is -0.497 e. The lowest BCUT2D eigenvalue weighted by Crippen LogP contribution is -2.44. The second kappa shape index (κ2) is 6.85. The molecule has 2 saturated heterocycles. The van der Waals surface area contributed by atoms with E-state index in [0.717, 1.165) is 0 Å². The maximum Gasteiger partial charge on any atom is 0.244 e. The first-order valence-corrected chi connectivity index (χ1v) is 8.99. The Labute approximate surface area is 141 Å². The van der Waals surface area contributed by atoms with Crippen LogP contribution in [0.5, 0.6) is 11.5 Å². The first-order valence-electron chi connectivity index (χ1n) is 7.50. The minimum atomic E-state index is -3.84. The molecule has 134 valence electrons. The van der Waals surface area contributed by atoms with Crippen molar-refractivity contribution >= 4 is 10.0 Å². The molecule has 2 fully saturated rings. The fourth-order valence-corrected chi connectivity index (χ4v) is 4.44. The Morgan fingerprint density at radius 3 is 2.50 bits per heavy atom. The zero-order valence-corrected chi connectivity index (χ0v) is 14.5. The van der Waals surface area contributed by atoms with Crippen LogP contribution < -0.4 is 14.2 Å². The molecule has 2 aliphatic heterocycles. The highest BCUT2D eigenvalue weighted by Gasteiger charge is 2.49. The van der Waals surface area contributed by atoms with Crippen LogP contribution in [0.2, 0.25) is 0 Å². The van der Waals surface area contributed by atoms with Gasteiger partial charge in [0.25, 0.3) is 0 Å². The summed E-state index contributed by atoms with van der Waals surface area (Å²) in [7, 11) is 0.630. The quantitative estimate of drug-likeness (QED) is 0.774. The molecule has 0 aromatic heterocycles. The summed E-state index contributed by atoms with van der Waals surface area (Å²) in [6.45, 7) is 0.604. The Balaban J connectivity index is 1.82. The molecule has 1 aromatic rings. The lowest BCUT2D eigenvalue weighted by molar-refractivity contribution is -0.00795. The lowest BCUT2D eigenvalue weighted by atomic mass is 10.1. The Kier molecular flexibility index (Phi) is 4.97. The van der Waals surface area contributed by atoms with Crippen molar-refractivity contribution in [3.05, 3.63) is 18.2 Å². The Morgan fingerprint density at radius 1 is 1.08 bits per heavy atom. The number of sulfonamides is 1. The van der Waals surface area contributed by atoms with Crippen LogP contribution in [0.3, 0.4) is 0 Å². The van der Waals surface area contributed by atoms with Crippen molar-refractivity contribution in [2.24, 2.45) is 0 Å². The molecular formula is C15H21NO7S. The van der Waals surface area contributed by atoms with Crippen LogP contribution in [0, 0.1) is 0 Å². The predicted molar refractivity (Wildman–Crippen MR) is 83.9 cm³/mol. The summed E-state index contributed by atoms with van der Waals surface area (Å²) < 4.78 is 55.1. The Morgan fingerprint density at radius 2 is 1.83 bits per heavy atom. The smallest absolute Gasteiger partial charge is 0.244 e. The molecule has 0 bridgehead atoms. The zero-order valence-electron chi connectivity index (χ0n) is 13.7. The number of nitrogens with one attached hydrogen (secondary N) is 1. The third-order valence-corrected chi connectivity index (χ3v) is 5.79. The van der Waals surface area contributed by atoms with Gasteiger partial charge in [-0.05, 0) is 12.1 Å². The van der Waals surface area contributed by atoms with Gasteiger partial charge in [0.1, 0.15) is 34.7 Å². The van der Waals surface area contributed by atoms with Gasteiger partial charge in [0.2, 0.25) is 10.0 Å². The van der Waals surface area contributed by atoms with Gasteiger partial charge in [0.05, 0.1) is 33.5 Å². The van der Waals surface area contributed by atoms with Crippen molar-refractivity contribution in [1.82, 2.24) is 4.72 Å². The topological polar surface area (TPSA) is 92.3 Å². The molecule has 2 aliphatic rings. The van der Waals surface area contributed by atoms with Gasteiger partial charge in [-0.3, -0.25) is 0 Å². The van der Waals surface area contributed by atoms with Crippen molar-refractivity contribution in [3.8, 4) is 11.5 Å². The Hall–Kier alpha value is -1.39. The van der Waals surface area contributed by atoms with Crippen molar-refractivity contribution in [2.75, 3.05) is 34.5 Å². The molecule has 9 heteroatoms. The molecule has 8 nitrogen and oxygen atoms in total. The van der Waals surface area contributed by atoms with E-state index >= 15 is 0 Å². The van der Waals surface area contributed by atoms with Gasteiger partial charge in [-0.15, -0.1) is 0 Å². The third-order valence-electron chi connectivity index (χ3n) is 4.28. The van der Waals surface area contributed by atoms with Crippen LogP contribution >= 0.6 is 0 Å². The van der Waals surface area contributed by atoms with Crippen LogP contribution in [-0.2, 0) is 24.2 Å². The van der Waals surface area contributed by atoms with Gasteiger partial charge in [-0.2, -0.15) is 0 Å². The number of rotatable bonds is 6. The van der Waals surface area contributed by atoms with Crippen molar-refractivity contribution in [3.63, 3.8) is 0 Å². The molecule has 0 aliphatic carbocycles. The number of hydrogen-bond acceptors (Lipinski definition) is 7. The summed E-state index contributed by atoms with van der Waals surface area (Å²) in [6, 6.07) is 4.11. The minimum absolute atomic E-state index is 0.00842. The second-order valence-corrected chi connectivity index (χ2v) is 7.30. The van der Waals surface area contributed by atoms with Gasteiger partial charge in [-0.25, -0.2) is 13.1 Å². The maximum absolute atomic E-state index is 12.8. The molecule has 2 heterocycles. The van der Waals surface area contributed by atoms with Gasteiger partial charge >= 0.3 is 0 Å². The normalized spacial score (nSPS) is 29.5. The standard InChI is InChI=1S/C15H21NO7S/c1-19-9-4-5-11(20-2)13(6-9)24(17,18)16-10-7-22-15-12(21-3)8-23-14(10)15/h4-6,10,12,14-16H,7-8H2,1-3H3/t10-,12+,14+,15+/m0/s1. The first kappa shape index (κ1) is 17.4. The molecule has 24 heavy (non-hydrogen) atoms. The van der Waals surface area contributed by atoms with E-state index < -0.39 is 16.1 Å². The van der Waals surface area contributed by atoms with Gasteiger partial charge in [0.15, 0.2) is 0 Å². The zero-order chi connectivity index (χ0) is 17.3. The molecule has 3 rings (SSSR count). The van der Waals surface area contributed by atoms with Crippen LogP contribution in [0.4, 0.5) is 0 Å². The molecule has 0 radical (unpaired) electrons. The number of benzene rings is 1. The largest absolute Gasteiger partial charge is 0.497 e. The lowest BCUT2D eigenvalue weighted by Gasteiger charge is -2.19. The monoisotopic (exact) mass is 359 g/mol. The summed E-state index contributed by atoms with van der Waals surface area (Å²) in [6.07, 6.45) is -0.827. The third kappa shape index (κ3) is 3.09. The van der Waals surface area contributed by atoms with E-state index in [1.807, 2.05) is 0 Å². The Bertz CT molecular complexity index is 693. The molecule has 0 spiro atoms. The summed E-state index contributed by atoms with van der Waals surface area (Å²) in [5.74, 6) is 0.661. The fraction of sp³-hybridized carbons (Fsp3) is 0.600. The highest BCUT2D eigenvalue weighted by molar-refractivity contribution is 7.89. The predicted octanol–water partition coefficient (Wildman–Crippen LogP) is 0.163. The first-order chi connectivity index (χ1) is 11.5. The molecule has 1 aromatic carbocycles. The second-order valence-electron chi connectivity index (χ2n) is 5.61. The van der Waals surface area contributed by atoms with E-state index in [1.165, 1.54) is 20.3 Å². The maximum atomic E-state index is 12.8. The van der Waals surface area contributed by atoms with E-state index in [1.54, 1.807) is 19.2 Å². The van der Waals surface area contributed by atoms with Crippen LogP contribution in [0.25, 0.3) is 0 Å². The average Bonchev–Trinajstić information content (AvgIpc) is 3.16. The van der Waals surface area contributed by atoms with E-state index in [2.05, 4.69) is 4.72 Å². The fourth-order valence-electron chi connectivity index (χ4n) is 3.02. The number of methoxy groups -OCH3 is 3. The number of hydrogen-bond donors (Lipinski definition) is 1. The molecule has 0 saturated carbocycles. The van der Waals surface area contributed by atoms with Crippen molar-refractivity contribution in [1.29, 1.82) is 0 Å².